The van der Waals surface area contributed by atoms with Crippen LogP contribution in [0.3, 0.4) is 0 Å². The predicted molar refractivity (Wildman–Crippen MR) is 101 cm³/mol. The number of carbonyl (C=O) groups excluding carboxylic acids is 2. The van der Waals surface area contributed by atoms with E-state index in [2.05, 4.69) is 15.6 Å². The number of ether oxygens (including phenoxy) is 2. The lowest BCUT2D eigenvalue weighted by atomic mass is 10.2. The molecule has 0 spiro atoms. The minimum atomic E-state index is -2.59. The highest BCUT2D eigenvalue weighted by Crippen LogP contribution is 2.30. The summed E-state index contributed by atoms with van der Waals surface area (Å²) in [5, 5.41) is 5.46. The van der Waals surface area contributed by atoms with Crippen LogP contribution >= 0.6 is 0 Å². The van der Waals surface area contributed by atoms with E-state index in [4.69, 9.17) is 9.47 Å². The van der Waals surface area contributed by atoms with Gasteiger partial charge in [0.25, 0.3) is 12.3 Å². The third-order valence-electron chi connectivity index (χ3n) is 4.27. The predicted octanol–water partition coefficient (Wildman–Crippen LogP) is 3.01. The van der Waals surface area contributed by atoms with Crippen LogP contribution in [0.15, 0.2) is 36.5 Å². The van der Waals surface area contributed by atoms with Gasteiger partial charge in [0.05, 0.1) is 7.11 Å². The zero-order valence-corrected chi connectivity index (χ0v) is 15.8. The van der Waals surface area contributed by atoms with Gasteiger partial charge in [-0.1, -0.05) is 6.07 Å². The third kappa shape index (κ3) is 5.87. The summed E-state index contributed by atoms with van der Waals surface area (Å²) in [7, 11) is 1.40. The fourth-order valence-electron chi connectivity index (χ4n) is 2.59. The quantitative estimate of drug-likeness (QED) is 0.670. The van der Waals surface area contributed by atoms with Crippen LogP contribution in [0.25, 0.3) is 0 Å². The molecule has 0 aliphatic heterocycles. The average molecular weight is 405 g/mol. The standard InChI is InChI=1S/C20H21F2N3O4/c1-28-16-8-12(2-5-15(16)29-11-17(21)22)10-24-19(26)14-6-7-23-18(9-14)25-20(27)13-3-4-13/h2,5-9,13,17H,3-4,10-11H2,1H3,(H,24,26)(H,23,25,27). The number of anilines is 1. The number of rotatable bonds is 9. The highest BCUT2D eigenvalue weighted by molar-refractivity contribution is 5.97. The summed E-state index contributed by atoms with van der Waals surface area (Å²) in [4.78, 5) is 28.3. The van der Waals surface area contributed by atoms with Gasteiger partial charge in [-0.2, -0.15) is 0 Å². The maximum absolute atomic E-state index is 12.4. The zero-order valence-electron chi connectivity index (χ0n) is 15.8. The molecule has 1 aromatic carbocycles. The summed E-state index contributed by atoms with van der Waals surface area (Å²) >= 11 is 0. The summed E-state index contributed by atoms with van der Waals surface area (Å²) in [6, 6.07) is 7.83. The molecule has 1 aliphatic carbocycles. The highest BCUT2D eigenvalue weighted by Gasteiger charge is 2.29. The van der Waals surface area contributed by atoms with Gasteiger partial charge in [-0.15, -0.1) is 0 Å². The van der Waals surface area contributed by atoms with Crippen molar-refractivity contribution < 1.29 is 27.8 Å². The Balaban J connectivity index is 1.59. The Hall–Kier alpha value is -3.23. The molecule has 1 heterocycles. The number of hydrogen-bond donors (Lipinski definition) is 2. The summed E-state index contributed by atoms with van der Waals surface area (Å²) in [5.41, 5.74) is 1.06. The number of amides is 2. The van der Waals surface area contributed by atoms with Crippen molar-refractivity contribution in [1.29, 1.82) is 0 Å². The van der Waals surface area contributed by atoms with Crippen LogP contribution in [0.5, 0.6) is 11.5 Å². The first-order valence-electron chi connectivity index (χ1n) is 9.09. The Morgan fingerprint density at radius 2 is 2.00 bits per heavy atom. The zero-order chi connectivity index (χ0) is 20.8. The summed E-state index contributed by atoms with van der Waals surface area (Å²) in [6.07, 6.45) is 0.622. The molecule has 29 heavy (non-hydrogen) atoms. The number of aromatic nitrogens is 1. The minimum absolute atomic E-state index is 0.0388. The largest absolute Gasteiger partial charge is 0.493 e. The molecule has 0 bridgehead atoms. The van der Waals surface area contributed by atoms with E-state index >= 15 is 0 Å². The Kier molecular flexibility index (Phi) is 6.58. The maximum atomic E-state index is 12.4. The fourth-order valence-corrected chi connectivity index (χ4v) is 2.59. The Morgan fingerprint density at radius 1 is 1.21 bits per heavy atom. The van der Waals surface area contributed by atoms with Crippen LogP contribution < -0.4 is 20.1 Å². The van der Waals surface area contributed by atoms with Gasteiger partial charge >= 0.3 is 0 Å². The van der Waals surface area contributed by atoms with Crippen molar-refractivity contribution in [3.8, 4) is 11.5 Å². The first kappa shape index (κ1) is 20.5. The summed E-state index contributed by atoms with van der Waals surface area (Å²) in [6.45, 7) is -0.537. The first-order valence-corrected chi connectivity index (χ1v) is 9.09. The number of pyridine rings is 1. The number of nitrogens with one attached hydrogen (secondary N) is 2. The number of methoxy groups -OCH3 is 1. The van der Waals surface area contributed by atoms with Crippen molar-refractivity contribution in [1.82, 2.24) is 10.3 Å². The van der Waals surface area contributed by atoms with E-state index in [0.29, 0.717) is 22.7 Å². The van der Waals surface area contributed by atoms with Crippen molar-refractivity contribution in [2.45, 2.75) is 25.8 Å². The number of hydrogen-bond acceptors (Lipinski definition) is 5. The number of halogens is 2. The second-order valence-corrected chi connectivity index (χ2v) is 6.56. The van der Waals surface area contributed by atoms with Crippen molar-refractivity contribution in [3.63, 3.8) is 0 Å². The van der Waals surface area contributed by atoms with Crippen molar-refractivity contribution in [2.24, 2.45) is 5.92 Å². The van der Waals surface area contributed by atoms with E-state index in [1.807, 2.05) is 0 Å². The molecule has 3 rings (SSSR count). The van der Waals surface area contributed by atoms with E-state index in [1.54, 1.807) is 18.2 Å². The lowest BCUT2D eigenvalue weighted by molar-refractivity contribution is -0.117. The average Bonchev–Trinajstić information content (AvgIpc) is 3.56. The Morgan fingerprint density at radius 3 is 2.69 bits per heavy atom. The normalized spacial score (nSPS) is 13.1. The second-order valence-electron chi connectivity index (χ2n) is 6.56. The van der Waals surface area contributed by atoms with Gasteiger partial charge < -0.3 is 20.1 Å². The molecule has 1 fully saturated rings. The van der Waals surface area contributed by atoms with Crippen molar-refractivity contribution in [2.75, 3.05) is 19.0 Å². The molecular formula is C20H21F2N3O4. The van der Waals surface area contributed by atoms with Gasteiger partial charge in [0.1, 0.15) is 12.4 Å². The van der Waals surface area contributed by atoms with Crippen LogP contribution in [0.1, 0.15) is 28.8 Å². The fraction of sp³-hybridized carbons (Fsp3) is 0.350. The van der Waals surface area contributed by atoms with Crippen LogP contribution in [0, 0.1) is 5.92 Å². The van der Waals surface area contributed by atoms with Gasteiger partial charge in [0.2, 0.25) is 5.91 Å². The van der Waals surface area contributed by atoms with Crippen LogP contribution in [0.4, 0.5) is 14.6 Å². The molecule has 1 aromatic heterocycles. The van der Waals surface area contributed by atoms with E-state index in [9.17, 15) is 18.4 Å². The van der Waals surface area contributed by atoms with Crippen molar-refractivity contribution >= 4 is 17.6 Å². The SMILES string of the molecule is COc1cc(CNC(=O)c2ccnc(NC(=O)C3CC3)c2)ccc1OCC(F)F. The Labute approximate surface area is 166 Å². The summed E-state index contributed by atoms with van der Waals surface area (Å²) in [5.74, 6) is 0.440. The first-order chi connectivity index (χ1) is 14.0. The molecule has 2 amide bonds. The molecule has 0 unspecified atom stereocenters. The molecule has 154 valence electrons. The van der Waals surface area contributed by atoms with E-state index in [0.717, 1.165) is 12.8 Å². The molecule has 1 saturated carbocycles. The number of alkyl halides is 2. The molecule has 2 N–H and O–H groups in total. The molecule has 0 radical (unpaired) electrons. The van der Waals surface area contributed by atoms with Gasteiger partial charge in [-0.3, -0.25) is 9.59 Å². The van der Waals surface area contributed by atoms with Gasteiger partial charge in [0.15, 0.2) is 11.5 Å². The molecule has 9 heteroatoms. The van der Waals surface area contributed by atoms with E-state index in [1.165, 1.54) is 25.4 Å². The molecule has 0 saturated heterocycles. The van der Waals surface area contributed by atoms with Gasteiger partial charge in [0, 0.05) is 24.2 Å². The molecule has 2 aromatic rings. The number of carbonyl (C=O) groups is 2. The lowest BCUT2D eigenvalue weighted by Gasteiger charge is -2.12. The topological polar surface area (TPSA) is 89.5 Å². The van der Waals surface area contributed by atoms with Gasteiger partial charge in [-0.05, 0) is 42.7 Å². The van der Waals surface area contributed by atoms with Crippen LogP contribution in [-0.2, 0) is 11.3 Å². The van der Waals surface area contributed by atoms with E-state index < -0.39 is 13.0 Å². The van der Waals surface area contributed by atoms with E-state index in [-0.39, 0.29) is 30.0 Å². The molecular weight excluding hydrogens is 384 g/mol. The smallest absolute Gasteiger partial charge is 0.272 e. The number of benzene rings is 1. The van der Waals surface area contributed by atoms with Crippen molar-refractivity contribution in [3.05, 3.63) is 47.7 Å². The second kappa shape index (κ2) is 9.31. The third-order valence-corrected chi connectivity index (χ3v) is 4.27. The lowest BCUT2D eigenvalue weighted by Crippen LogP contribution is -2.23. The van der Waals surface area contributed by atoms with Crippen LogP contribution in [-0.4, -0.2) is 36.9 Å². The minimum Gasteiger partial charge on any atom is -0.493 e. The monoisotopic (exact) mass is 405 g/mol. The Bertz CT molecular complexity index is 888. The molecule has 0 atom stereocenters. The molecule has 1 aliphatic rings. The highest BCUT2D eigenvalue weighted by atomic mass is 19.3. The van der Waals surface area contributed by atoms with Gasteiger partial charge in [-0.25, -0.2) is 13.8 Å². The van der Waals surface area contributed by atoms with Crippen LogP contribution in [0.2, 0.25) is 0 Å². The number of nitrogens with zero attached hydrogens (tertiary/aromatic N) is 1. The summed E-state index contributed by atoms with van der Waals surface area (Å²) < 4.78 is 34.8. The molecule has 7 nitrogen and oxygen atoms in total. The maximum Gasteiger partial charge on any atom is 0.272 e.